The van der Waals surface area contributed by atoms with Crippen LogP contribution in [0.25, 0.3) is 11.1 Å². The molecule has 0 radical (unpaired) electrons. The maximum atomic E-state index is 5.89. The molecule has 0 aliphatic carbocycles. The van der Waals surface area contributed by atoms with E-state index in [0.29, 0.717) is 0 Å². The third kappa shape index (κ3) is 2.37. The van der Waals surface area contributed by atoms with Crippen LogP contribution in [0.15, 0.2) is 36.5 Å². The largest absolute Gasteiger partial charge is 0.307 e. The van der Waals surface area contributed by atoms with Gasteiger partial charge >= 0.3 is 0 Å². The van der Waals surface area contributed by atoms with Crippen LogP contribution in [0.2, 0.25) is 5.02 Å². The zero-order valence-corrected chi connectivity index (χ0v) is 11.6. The number of hydrogen-bond donors (Lipinski definition) is 1. The zero-order chi connectivity index (χ0) is 11.0. The quantitative estimate of drug-likeness (QED) is 0.870. The van der Waals surface area contributed by atoms with Crippen LogP contribution in [0.4, 0.5) is 0 Å². The van der Waals surface area contributed by atoms with Crippen LogP contribution in [0.3, 0.4) is 0 Å². The van der Waals surface area contributed by atoms with E-state index in [0.717, 1.165) is 23.8 Å². The number of nitrogens with one attached hydrogen (secondary N) is 1. The van der Waals surface area contributed by atoms with E-state index < -0.39 is 0 Å². The van der Waals surface area contributed by atoms with E-state index in [1.54, 1.807) is 0 Å². The van der Waals surface area contributed by atoms with E-state index in [-0.39, 0.29) is 17.0 Å². The van der Waals surface area contributed by atoms with Crippen molar-refractivity contribution in [3.8, 4) is 11.1 Å². The lowest BCUT2D eigenvalue weighted by Crippen LogP contribution is -2.00. The smallest absolute Gasteiger partial charge is 0.0592 e. The summed E-state index contributed by atoms with van der Waals surface area (Å²) in [4.78, 5) is 4.37. The van der Waals surface area contributed by atoms with Crippen LogP contribution < -0.4 is 5.32 Å². The fraction of sp³-hybridized carbons (Fsp3) is 0.154. The summed E-state index contributed by atoms with van der Waals surface area (Å²) in [6.45, 7) is 1.78. The number of pyridine rings is 1. The van der Waals surface area contributed by atoms with Gasteiger partial charge in [-0.3, -0.25) is 4.98 Å². The lowest BCUT2D eigenvalue weighted by atomic mass is 10.0. The van der Waals surface area contributed by atoms with Gasteiger partial charge in [0.05, 0.1) is 5.69 Å². The molecule has 1 N–H and O–H groups in total. The maximum absolute atomic E-state index is 5.89. The average molecular weight is 312 g/mol. The molecule has 2 heterocycles. The molecule has 88 valence electrons. The second-order valence-corrected chi connectivity index (χ2v) is 4.33. The maximum Gasteiger partial charge on any atom is 0.0592 e. The summed E-state index contributed by atoms with van der Waals surface area (Å²) in [6, 6.07) is 10.0. The number of benzene rings is 1. The minimum Gasteiger partial charge on any atom is -0.307 e. The van der Waals surface area contributed by atoms with Crippen molar-refractivity contribution in [1.29, 1.82) is 0 Å². The molecule has 0 unspecified atom stereocenters. The standard InChI is InChI=1S/C13H11ClN2.BrH/c14-10-3-1-9(2-4-10)11-5-6-16-13-8-15-7-12(11)13;/h1-6,15H,7-8H2;1H. The Morgan fingerprint density at radius 2 is 1.82 bits per heavy atom. The van der Waals surface area contributed by atoms with Crippen molar-refractivity contribution in [2.45, 2.75) is 13.1 Å². The Kier molecular flexibility index (Phi) is 3.82. The van der Waals surface area contributed by atoms with Gasteiger partial charge in [-0.05, 0) is 34.9 Å². The van der Waals surface area contributed by atoms with Gasteiger partial charge in [0.25, 0.3) is 0 Å². The molecule has 0 spiro atoms. The summed E-state index contributed by atoms with van der Waals surface area (Å²) in [5.41, 5.74) is 4.93. The number of rotatable bonds is 1. The van der Waals surface area contributed by atoms with Gasteiger partial charge in [0.1, 0.15) is 0 Å². The molecule has 0 saturated heterocycles. The first-order chi connectivity index (χ1) is 7.84. The van der Waals surface area contributed by atoms with Crippen molar-refractivity contribution >= 4 is 28.6 Å². The van der Waals surface area contributed by atoms with E-state index in [9.17, 15) is 0 Å². The third-order valence-corrected chi connectivity index (χ3v) is 3.15. The number of nitrogens with zero attached hydrogens (tertiary/aromatic N) is 1. The Bertz CT molecular complexity index is 525. The molecule has 4 heteroatoms. The van der Waals surface area contributed by atoms with E-state index in [1.807, 2.05) is 18.3 Å². The Morgan fingerprint density at radius 1 is 1.06 bits per heavy atom. The van der Waals surface area contributed by atoms with Crippen molar-refractivity contribution in [3.63, 3.8) is 0 Å². The molecule has 0 fully saturated rings. The molecule has 0 bridgehead atoms. The number of halogens is 2. The monoisotopic (exact) mass is 310 g/mol. The van der Waals surface area contributed by atoms with Gasteiger partial charge in [0, 0.05) is 24.3 Å². The average Bonchev–Trinajstić information content (AvgIpc) is 2.78. The third-order valence-electron chi connectivity index (χ3n) is 2.89. The fourth-order valence-electron chi connectivity index (χ4n) is 2.09. The molecule has 2 aromatic rings. The second kappa shape index (κ2) is 5.17. The van der Waals surface area contributed by atoms with Crippen molar-refractivity contribution in [1.82, 2.24) is 10.3 Å². The Morgan fingerprint density at radius 3 is 2.59 bits per heavy atom. The number of fused-ring (bicyclic) bond motifs is 1. The summed E-state index contributed by atoms with van der Waals surface area (Å²) in [5.74, 6) is 0. The molecule has 1 aliphatic heterocycles. The predicted molar refractivity (Wildman–Crippen MR) is 75.5 cm³/mol. The molecular weight excluding hydrogens is 300 g/mol. The van der Waals surface area contributed by atoms with Crippen molar-refractivity contribution < 1.29 is 0 Å². The SMILES string of the molecule is Br.Clc1ccc(-c2ccnc3c2CNC3)cc1. The highest BCUT2D eigenvalue weighted by Gasteiger charge is 2.15. The first-order valence-electron chi connectivity index (χ1n) is 5.28. The minimum absolute atomic E-state index is 0. The highest BCUT2D eigenvalue weighted by molar-refractivity contribution is 8.93. The van der Waals surface area contributed by atoms with Gasteiger partial charge in [-0.25, -0.2) is 0 Å². The first-order valence-corrected chi connectivity index (χ1v) is 5.66. The van der Waals surface area contributed by atoms with Gasteiger partial charge in [0.15, 0.2) is 0 Å². The minimum atomic E-state index is 0. The molecule has 17 heavy (non-hydrogen) atoms. The van der Waals surface area contributed by atoms with Gasteiger partial charge in [-0.1, -0.05) is 23.7 Å². The Labute approximate surface area is 116 Å². The van der Waals surface area contributed by atoms with Gasteiger partial charge in [-0.15, -0.1) is 17.0 Å². The molecule has 0 amide bonds. The van der Waals surface area contributed by atoms with Crippen molar-refractivity contribution in [2.75, 3.05) is 0 Å². The molecule has 1 aromatic carbocycles. The highest BCUT2D eigenvalue weighted by atomic mass is 79.9. The summed E-state index contributed by atoms with van der Waals surface area (Å²) in [5, 5.41) is 4.09. The summed E-state index contributed by atoms with van der Waals surface area (Å²) in [6.07, 6.45) is 1.87. The van der Waals surface area contributed by atoms with E-state index in [2.05, 4.69) is 28.5 Å². The van der Waals surface area contributed by atoms with Crippen molar-refractivity contribution in [2.24, 2.45) is 0 Å². The highest BCUT2D eigenvalue weighted by Crippen LogP contribution is 2.28. The fourth-order valence-corrected chi connectivity index (χ4v) is 2.22. The molecule has 0 saturated carbocycles. The van der Waals surface area contributed by atoms with Crippen LogP contribution >= 0.6 is 28.6 Å². The Balaban J connectivity index is 0.00000108. The van der Waals surface area contributed by atoms with E-state index in [1.165, 1.54) is 16.7 Å². The lowest BCUT2D eigenvalue weighted by Gasteiger charge is -2.07. The van der Waals surface area contributed by atoms with Crippen LogP contribution in [-0.4, -0.2) is 4.98 Å². The van der Waals surface area contributed by atoms with Gasteiger partial charge in [-0.2, -0.15) is 0 Å². The number of hydrogen-bond acceptors (Lipinski definition) is 2. The summed E-state index contributed by atoms with van der Waals surface area (Å²) >= 11 is 5.89. The number of aromatic nitrogens is 1. The first kappa shape index (κ1) is 12.6. The van der Waals surface area contributed by atoms with Crippen LogP contribution in [0, 0.1) is 0 Å². The zero-order valence-electron chi connectivity index (χ0n) is 9.11. The molecule has 2 nitrogen and oxygen atoms in total. The van der Waals surface area contributed by atoms with Crippen LogP contribution in [-0.2, 0) is 13.1 Å². The molecular formula is C13H12BrClN2. The van der Waals surface area contributed by atoms with E-state index in [4.69, 9.17) is 11.6 Å². The molecule has 1 aliphatic rings. The summed E-state index contributed by atoms with van der Waals surface area (Å²) < 4.78 is 0. The normalized spacial score (nSPS) is 13.0. The van der Waals surface area contributed by atoms with Gasteiger partial charge in [0.2, 0.25) is 0 Å². The predicted octanol–water partition coefficient (Wildman–Crippen LogP) is 3.58. The van der Waals surface area contributed by atoms with Crippen LogP contribution in [0.1, 0.15) is 11.3 Å². The Hall–Kier alpha value is -0.900. The van der Waals surface area contributed by atoms with Crippen molar-refractivity contribution in [3.05, 3.63) is 52.8 Å². The lowest BCUT2D eigenvalue weighted by molar-refractivity contribution is 0.758. The molecule has 0 atom stereocenters. The summed E-state index contributed by atoms with van der Waals surface area (Å²) in [7, 11) is 0. The topological polar surface area (TPSA) is 24.9 Å². The second-order valence-electron chi connectivity index (χ2n) is 3.89. The van der Waals surface area contributed by atoms with Gasteiger partial charge < -0.3 is 5.32 Å². The molecule has 3 rings (SSSR count). The van der Waals surface area contributed by atoms with Crippen LogP contribution in [0.5, 0.6) is 0 Å². The molecule has 1 aromatic heterocycles. The van der Waals surface area contributed by atoms with E-state index >= 15 is 0 Å².